The first-order valence-electron chi connectivity index (χ1n) is 0.864. The first-order valence-corrected chi connectivity index (χ1v) is 1.77. The Hall–Kier alpha value is 0.310. The van der Waals surface area contributed by atoms with Crippen LogP contribution in [0.4, 0.5) is 0 Å². The van der Waals surface area contributed by atoms with Crippen LogP contribution in [-0.4, -0.2) is 7.11 Å². The molecule has 0 aromatic rings. The normalized spacial score (nSPS) is 7.50. The van der Waals surface area contributed by atoms with Gasteiger partial charge in [-0.15, -0.1) is 0 Å². The minimum atomic E-state index is 1.11. The Morgan fingerprint density at radius 1 is 2.00 bits per heavy atom. The molecule has 1 nitrogen and oxygen atoms in total. The van der Waals surface area contributed by atoms with E-state index in [4.69, 9.17) is 0 Å². The lowest BCUT2D eigenvalue weighted by molar-refractivity contribution is 0.494. The summed E-state index contributed by atoms with van der Waals surface area (Å²) >= 11 is 1.11. The summed E-state index contributed by atoms with van der Waals surface area (Å²) in [7, 11) is 1.58. The van der Waals surface area contributed by atoms with Gasteiger partial charge in [0.1, 0.15) is 0 Å². The van der Waals surface area contributed by atoms with Crippen LogP contribution < -0.4 is 0 Å². The molecule has 0 aliphatic heterocycles. The molecule has 0 amide bonds. The van der Waals surface area contributed by atoms with Crippen molar-refractivity contribution in [3.63, 3.8) is 0 Å². The van der Waals surface area contributed by atoms with Gasteiger partial charge in [0.05, 0.1) is 7.11 Å². The quantitative estimate of drug-likeness (QED) is 0.433. The van der Waals surface area contributed by atoms with Crippen LogP contribution in [0.1, 0.15) is 0 Å². The molecule has 0 atom stereocenters. The van der Waals surface area contributed by atoms with Crippen LogP contribution >= 0.6 is 12.0 Å². The predicted molar refractivity (Wildman–Crippen MR) is 20.0 cm³/mol. The monoisotopic (exact) mass is 77.0 g/mol. The van der Waals surface area contributed by atoms with E-state index in [9.17, 15) is 0 Å². The van der Waals surface area contributed by atoms with Crippen LogP contribution in [0.15, 0.2) is 0 Å². The number of hydrogen-bond acceptors (Lipinski definition) is 2. The summed E-state index contributed by atoms with van der Waals surface area (Å²) in [6.45, 7) is 0. The molecule has 0 unspecified atom stereocenters. The topological polar surface area (TPSA) is 9.23 Å². The molecule has 0 aliphatic carbocycles. The van der Waals surface area contributed by atoms with E-state index in [1.165, 1.54) is 0 Å². The van der Waals surface area contributed by atoms with Crippen LogP contribution in [0.5, 0.6) is 0 Å². The van der Waals surface area contributed by atoms with Crippen LogP contribution in [0.25, 0.3) is 0 Å². The summed E-state index contributed by atoms with van der Waals surface area (Å²) in [4.78, 5) is 0. The molecule has 0 aromatic heterocycles. The average molecular weight is 77.1 g/mol. The zero-order valence-corrected chi connectivity index (χ0v) is 3.34. The Morgan fingerprint density at radius 2 is 2.25 bits per heavy atom. The van der Waals surface area contributed by atoms with Crippen LogP contribution in [-0.2, 0) is 4.18 Å². The molecular formula is C2H5OS. The Labute approximate surface area is 30.5 Å². The zero-order valence-electron chi connectivity index (χ0n) is 2.52. The van der Waals surface area contributed by atoms with Crippen molar-refractivity contribution >= 4 is 12.0 Å². The molecule has 0 heterocycles. The van der Waals surface area contributed by atoms with Gasteiger partial charge in [-0.2, -0.15) is 0 Å². The molecule has 0 N–H and O–H groups in total. The van der Waals surface area contributed by atoms with Crippen LogP contribution in [0.3, 0.4) is 0 Å². The van der Waals surface area contributed by atoms with Gasteiger partial charge in [-0.3, -0.25) is 0 Å². The largest absolute Gasteiger partial charge is 0.319 e. The molecule has 1 radical (unpaired) electrons. The maximum Gasteiger partial charge on any atom is 0.0503 e. The first kappa shape index (κ1) is 4.31. The minimum Gasteiger partial charge on any atom is -0.319 e. The van der Waals surface area contributed by atoms with Crippen molar-refractivity contribution in [2.45, 2.75) is 0 Å². The van der Waals surface area contributed by atoms with Gasteiger partial charge in [0.15, 0.2) is 0 Å². The molecule has 0 fully saturated rings. The van der Waals surface area contributed by atoms with Gasteiger partial charge in [-0.25, -0.2) is 0 Å². The van der Waals surface area contributed by atoms with Crippen molar-refractivity contribution < 1.29 is 4.18 Å². The molecule has 2 heteroatoms. The van der Waals surface area contributed by atoms with Crippen LogP contribution in [0.2, 0.25) is 0 Å². The SMILES string of the molecule is [CH2]SOC. The Kier molecular flexibility index (Phi) is 3.57. The van der Waals surface area contributed by atoms with Gasteiger partial charge < -0.3 is 4.18 Å². The maximum atomic E-state index is 4.35. The molecule has 25 valence electrons. The number of hydrogen-bond donors (Lipinski definition) is 0. The second kappa shape index (κ2) is 3.31. The van der Waals surface area contributed by atoms with E-state index in [0.29, 0.717) is 0 Å². The standard InChI is InChI=1S/C2H5OS/c1-3-4-2/h2H2,1H3. The predicted octanol–water partition coefficient (Wildman–Crippen LogP) is 1.07. The molecule has 0 bridgehead atoms. The lowest BCUT2D eigenvalue weighted by Gasteiger charge is -1.74. The van der Waals surface area contributed by atoms with Gasteiger partial charge in [0.2, 0.25) is 0 Å². The van der Waals surface area contributed by atoms with E-state index in [0.717, 1.165) is 12.0 Å². The molecule has 0 saturated heterocycles. The van der Waals surface area contributed by atoms with E-state index < -0.39 is 0 Å². The molecule has 0 rings (SSSR count). The fourth-order valence-corrected chi connectivity index (χ4v) is 0. The zero-order chi connectivity index (χ0) is 3.41. The van der Waals surface area contributed by atoms with Gasteiger partial charge in [-0.1, -0.05) is 0 Å². The lowest BCUT2D eigenvalue weighted by Crippen LogP contribution is -1.50. The third kappa shape index (κ3) is 2.31. The molecule has 0 aromatic carbocycles. The highest BCUT2D eigenvalue weighted by atomic mass is 32.2. The number of rotatable bonds is 1. The summed E-state index contributed by atoms with van der Waals surface area (Å²) in [5.74, 6) is 0. The summed E-state index contributed by atoms with van der Waals surface area (Å²) in [5, 5.41) is 0. The van der Waals surface area contributed by atoms with E-state index in [1.54, 1.807) is 7.11 Å². The smallest absolute Gasteiger partial charge is 0.0503 e. The molecule has 0 spiro atoms. The van der Waals surface area contributed by atoms with Crippen molar-refractivity contribution in [1.82, 2.24) is 0 Å². The van der Waals surface area contributed by atoms with Crippen molar-refractivity contribution in [1.29, 1.82) is 0 Å². The van der Waals surface area contributed by atoms with Crippen molar-refractivity contribution in [3.8, 4) is 0 Å². The fourth-order valence-electron chi connectivity index (χ4n) is 0. The van der Waals surface area contributed by atoms with Crippen molar-refractivity contribution in [2.24, 2.45) is 0 Å². The maximum absolute atomic E-state index is 4.35. The highest BCUT2D eigenvalue weighted by Crippen LogP contribution is 1.88. The minimum absolute atomic E-state index is 1.11. The van der Waals surface area contributed by atoms with Crippen molar-refractivity contribution in [3.05, 3.63) is 6.26 Å². The van der Waals surface area contributed by atoms with Gasteiger partial charge in [-0.05, 0) is 12.0 Å². The van der Waals surface area contributed by atoms with E-state index in [1.807, 2.05) is 0 Å². The summed E-state index contributed by atoms with van der Waals surface area (Å²) < 4.78 is 4.35. The van der Waals surface area contributed by atoms with E-state index >= 15 is 0 Å². The second-order valence-corrected chi connectivity index (χ2v) is 0.854. The van der Waals surface area contributed by atoms with E-state index in [-0.39, 0.29) is 0 Å². The van der Waals surface area contributed by atoms with Crippen LogP contribution in [0, 0.1) is 6.26 Å². The highest BCUT2D eigenvalue weighted by Gasteiger charge is 1.52. The Balaban J connectivity index is 1.97. The van der Waals surface area contributed by atoms with E-state index in [2.05, 4.69) is 10.4 Å². The summed E-state index contributed by atoms with van der Waals surface area (Å²) in [5.41, 5.74) is 0. The third-order valence-electron chi connectivity index (χ3n) is 0.118. The highest BCUT2D eigenvalue weighted by molar-refractivity contribution is 7.95. The fraction of sp³-hybridized carbons (Fsp3) is 0.500. The lowest BCUT2D eigenvalue weighted by atomic mass is 11.8. The summed E-state index contributed by atoms with van der Waals surface area (Å²) in [6.07, 6.45) is 3.30. The second-order valence-electron chi connectivity index (χ2n) is 0.285. The first-order chi connectivity index (χ1) is 1.91. The molecule has 0 aliphatic rings. The van der Waals surface area contributed by atoms with Gasteiger partial charge in [0, 0.05) is 6.26 Å². The third-order valence-corrected chi connectivity index (χ3v) is 0.354. The molecule has 4 heavy (non-hydrogen) atoms. The van der Waals surface area contributed by atoms with Crippen molar-refractivity contribution in [2.75, 3.05) is 7.11 Å². The van der Waals surface area contributed by atoms with Gasteiger partial charge >= 0.3 is 0 Å². The summed E-state index contributed by atoms with van der Waals surface area (Å²) in [6, 6.07) is 0. The Morgan fingerprint density at radius 3 is 2.25 bits per heavy atom. The van der Waals surface area contributed by atoms with Gasteiger partial charge in [0.25, 0.3) is 0 Å². The molecular weight excluding hydrogens is 72.1 g/mol. The molecule has 0 saturated carbocycles. The average Bonchev–Trinajstić information content (AvgIpc) is 1.37. The Bertz CT molecular complexity index is 8.00.